The van der Waals surface area contributed by atoms with E-state index in [-0.39, 0.29) is 6.61 Å². The van der Waals surface area contributed by atoms with Gasteiger partial charge in [-0.3, -0.25) is 0 Å². The zero-order chi connectivity index (χ0) is 14.2. The van der Waals surface area contributed by atoms with Crippen LogP contribution in [0, 0.1) is 0 Å². The van der Waals surface area contributed by atoms with Crippen LogP contribution < -0.4 is 10.6 Å². The molecule has 0 unspecified atom stereocenters. The quantitative estimate of drug-likeness (QED) is 0.636. The highest BCUT2D eigenvalue weighted by Gasteiger charge is 2.21. The van der Waals surface area contributed by atoms with Gasteiger partial charge >= 0.3 is 0 Å². The van der Waals surface area contributed by atoms with Crippen LogP contribution in [0.15, 0.2) is 72.8 Å². The molecule has 0 fully saturated rings. The van der Waals surface area contributed by atoms with Crippen LogP contribution in [0.1, 0.15) is 13.3 Å². The summed E-state index contributed by atoms with van der Waals surface area (Å²) >= 11 is 0. The van der Waals surface area contributed by atoms with Gasteiger partial charge in [-0.25, -0.2) is 0 Å². The Morgan fingerprint density at radius 1 is 0.950 bits per heavy atom. The summed E-state index contributed by atoms with van der Waals surface area (Å²) < 4.78 is 0. The van der Waals surface area contributed by atoms with Crippen molar-refractivity contribution in [3.63, 3.8) is 0 Å². The molecule has 0 saturated heterocycles. The van der Waals surface area contributed by atoms with Gasteiger partial charge in [0.2, 0.25) is 0 Å². The maximum atomic E-state index is 9.38. The van der Waals surface area contributed by atoms with Gasteiger partial charge in [0, 0.05) is 12.3 Å². The Balaban J connectivity index is 2.43. The maximum absolute atomic E-state index is 9.38. The first kappa shape index (κ1) is 15.0. The number of benzene rings is 2. The van der Waals surface area contributed by atoms with Crippen molar-refractivity contribution in [2.45, 2.75) is 19.0 Å². The summed E-state index contributed by atoms with van der Waals surface area (Å²) in [5.74, 6) is 0. The fraction of sp³-hybridized carbons (Fsp3) is 0.222. The highest BCUT2D eigenvalue weighted by atomic mass is 31.1. The van der Waals surface area contributed by atoms with Crippen LogP contribution in [0.5, 0.6) is 0 Å². The van der Waals surface area contributed by atoms with E-state index in [4.69, 9.17) is 0 Å². The number of aliphatic hydroxyl groups is 1. The molecule has 2 aromatic carbocycles. The standard InChI is InChI=1S/C18H21OP/c1-2-9-16(14-15-19)20(17-10-5-3-6-11-17)18-12-7-4-8-13-18/h2-13,16,19H,14-15H2,1H3/b9-2+/t16-/m0/s1. The Morgan fingerprint density at radius 2 is 1.45 bits per heavy atom. The highest BCUT2D eigenvalue weighted by molar-refractivity contribution is 7.73. The van der Waals surface area contributed by atoms with Crippen LogP contribution in [0.25, 0.3) is 0 Å². The Kier molecular flexibility index (Phi) is 5.98. The van der Waals surface area contributed by atoms with Crippen LogP contribution in [0.4, 0.5) is 0 Å². The first-order valence-corrected chi connectivity index (χ1v) is 8.41. The summed E-state index contributed by atoms with van der Waals surface area (Å²) in [7, 11) is -0.473. The molecule has 0 aliphatic carbocycles. The van der Waals surface area contributed by atoms with E-state index in [0.29, 0.717) is 5.66 Å². The molecule has 104 valence electrons. The molecule has 2 aromatic rings. The minimum absolute atomic E-state index is 0.230. The molecule has 2 heteroatoms. The number of aliphatic hydroxyl groups excluding tert-OH is 1. The van der Waals surface area contributed by atoms with Gasteiger partial charge in [-0.05, 0) is 31.9 Å². The highest BCUT2D eigenvalue weighted by Crippen LogP contribution is 2.41. The van der Waals surface area contributed by atoms with Crippen LogP contribution in [0.2, 0.25) is 0 Å². The molecule has 1 atom stereocenters. The van der Waals surface area contributed by atoms with E-state index in [1.54, 1.807) is 0 Å². The fourth-order valence-corrected chi connectivity index (χ4v) is 5.14. The third kappa shape index (κ3) is 3.79. The van der Waals surface area contributed by atoms with Crippen LogP contribution >= 0.6 is 7.92 Å². The van der Waals surface area contributed by atoms with Crippen LogP contribution in [-0.4, -0.2) is 17.4 Å². The van der Waals surface area contributed by atoms with Gasteiger partial charge in [-0.15, -0.1) is 0 Å². The van der Waals surface area contributed by atoms with Crippen LogP contribution in [0.3, 0.4) is 0 Å². The minimum atomic E-state index is -0.473. The van der Waals surface area contributed by atoms with Crippen molar-refractivity contribution in [1.29, 1.82) is 0 Å². The average Bonchev–Trinajstić information content (AvgIpc) is 2.50. The van der Waals surface area contributed by atoms with E-state index in [2.05, 4.69) is 72.8 Å². The monoisotopic (exact) mass is 284 g/mol. The maximum Gasteiger partial charge on any atom is 0.0440 e. The zero-order valence-corrected chi connectivity index (χ0v) is 12.7. The average molecular weight is 284 g/mol. The summed E-state index contributed by atoms with van der Waals surface area (Å²) in [6.45, 7) is 2.28. The lowest BCUT2D eigenvalue weighted by molar-refractivity contribution is 0.291. The second-order valence-corrected chi connectivity index (χ2v) is 7.08. The Hall–Kier alpha value is -1.43. The van der Waals surface area contributed by atoms with Crippen molar-refractivity contribution in [3.05, 3.63) is 72.8 Å². The second-order valence-electron chi connectivity index (χ2n) is 4.65. The van der Waals surface area contributed by atoms with Gasteiger partial charge in [0.1, 0.15) is 0 Å². The molecule has 2 rings (SSSR count). The topological polar surface area (TPSA) is 20.2 Å². The first-order valence-electron chi connectivity index (χ1n) is 7.00. The molecule has 0 radical (unpaired) electrons. The lowest BCUT2D eigenvalue weighted by Crippen LogP contribution is -2.21. The molecule has 0 amide bonds. The minimum Gasteiger partial charge on any atom is -0.396 e. The van der Waals surface area contributed by atoms with E-state index >= 15 is 0 Å². The summed E-state index contributed by atoms with van der Waals surface area (Å²) in [5, 5.41) is 12.1. The zero-order valence-electron chi connectivity index (χ0n) is 11.8. The lowest BCUT2D eigenvalue weighted by atomic mass is 10.3. The van der Waals surface area contributed by atoms with Crippen LogP contribution in [-0.2, 0) is 0 Å². The van der Waals surface area contributed by atoms with Crippen molar-refractivity contribution >= 4 is 18.5 Å². The van der Waals surface area contributed by atoms with Gasteiger partial charge in [-0.2, -0.15) is 0 Å². The summed E-state index contributed by atoms with van der Waals surface area (Å²) in [4.78, 5) is 0. The Labute approximate surface area is 122 Å². The van der Waals surface area contributed by atoms with E-state index in [1.807, 2.05) is 6.92 Å². The first-order chi connectivity index (χ1) is 9.86. The summed E-state index contributed by atoms with van der Waals surface area (Å²) in [6.07, 6.45) is 5.14. The molecule has 0 aliphatic heterocycles. The third-order valence-corrected chi connectivity index (χ3v) is 6.04. The van der Waals surface area contributed by atoms with Crippen molar-refractivity contribution in [2.24, 2.45) is 0 Å². The van der Waals surface area contributed by atoms with Gasteiger partial charge in [0.05, 0.1) is 0 Å². The molecular weight excluding hydrogens is 263 g/mol. The molecule has 20 heavy (non-hydrogen) atoms. The van der Waals surface area contributed by atoms with Crippen molar-refractivity contribution in [2.75, 3.05) is 6.61 Å². The van der Waals surface area contributed by atoms with Gasteiger partial charge < -0.3 is 5.11 Å². The largest absolute Gasteiger partial charge is 0.396 e. The number of hydrogen-bond acceptors (Lipinski definition) is 1. The smallest absolute Gasteiger partial charge is 0.0440 e. The molecular formula is C18H21OP. The van der Waals surface area contributed by atoms with Gasteiger partial charge in [0.25, 0.3) is 0 Å². The molecule has 0 heterocycles. The van der Waals surface area contributed by atoms with Crippen molar-refractivity contribution in [1.82, 2.24) is 0 Å². The van der Waals surface area contributed by atoms with E-state index in [1.165, 1.54) is 10.6 Å². The molecule has 0 aromatic heterocycles. The predicted molar refractivity (Wildman–Crippen MR) is 89.4 cm³/mol. The summed E-state index contributed by atoms with van der Waals surface area (Å²) in [6, 6.07) is 21.3. The fourth-order valence-electron chi connectivity index (χ4n) is 2.38. The van der Waals surface area contributed by atoms with Gasteiger partial charge in [-0.1, -0.05) is 72.8 Å². The predicted octanol–water partition coefficient (Wildman–Crippen LogP) is 3.45. The lowest BCUT2D eigenvalue weighted by Gasteiger charge is -2.26. The normalized spacial score (nSPS) is 12.9. The second kappa shape index (κ2) is 7.99. The molecule has 0 spiro atoms. The van der Waals surface area contributed by atoms with E-state index in [9.17, 15) is 5.11 Å². The molecule has 1 N–H and O–H groups in total. The molecule has 0 aliphatic rings. The summed E-state index contributed by atoms with van der Waals surface area (Å²) in [5.41, 5.74) is 0.379. The van der Waals surface area contributed by atoms with Crippen molar-refractivity contribution in [3.8, 4) is 0 Å². The van der Waals surface area contributed by atoms with E-state index < -0.39 is 7.92 Å². The number of hydrogen-bond donors (Lipinski definition) is 1. The Bertz CT molecular complexity index is 482. The Morgan fingerprint density at radius 3 is 1.85 bits per heavy atom. The molecule has 1 nitrogen and oxygen atoms in total. The van der Waals surface area contributed by atoms with Gasteiger partial charge in [0.15, 0.2) is 0 Å². The third-order valence-electron chi connectivity index (χ3n) is 3.24. The molecule has 0 saturated carbocycles. The van der Waals surface area contributed by atoms with E-state index in [0.717, 1.165) is 6.42 Å². The SMILES string of the molecule is C/C=C/[C@@H](CCO)P(c1ccccc1)c1ccccc1. The number of allylic oxidation sites excluding steroid dienone is 2. The molecule has 0 bridgehead atoms. The number of rotatable bonds is 6. The van der Waals surface area contributed by atoms with Crippen molar-refractivity contribution < 1.29 is 5.11 Å².